The van der Waals surface area contributed by atoms with Crippen molar-refractivity contribution < 1.29 is 37.0 Å². The van der Waals surface area contributed by atoms with Crippen LogP contribution in [-0.2, 0) is 4.79 Å². The van der Waals surface area contributed by atoms with Crippen LogP contribution in [0, 0.1) is 12.7 Å². The molecule has 5 rings (SSSR count). The predicted molar refractivity (Wildman–Crippen MR) is 148 cm³/mol. The third-order valence-corrected chi connectivity index (χ3v) is 6.62. The quantitative estimate of drug-likeness (QED) is 0.217. The molecule has 42 heavy (non-hydrogen) atoms. The summed E-state index contributed by atoms with van der Waals surface area (Å²) in [6, 6.07) is 19.7. The van der Waals surface area contributed by atoms with E-state index in [0.29, 0.717) is 17.4 Å². The van der Waals surface area contributed by atoms with E-state index in [4.69, 9.17) is 19.6 Å². The van der Waals surface area contributed by atoms with Gasteiger partial charge < -0.3 is 20.5 Å². The number of aromatic nitrogens is 2. The molecule has 1 amide bonds. The van der Waals surface area contributed by atoms with E-state index in [1.54, 1.807) is 18.3 Å². The number of aryl methyl sites for hydroxylation is 1. The molecule has 0 aliphatic heterocycles. The number of ether oxygens (including phenoxy) is 1. The maximum Gasteiger partial charge on any atom is 0.490 e. The SMILES string of the molecule is Cc1cc(NC2CCC(NC(=O)c3cccnc3Oc3ccc(F)cc3)CC2)nc2ccccc12.O=C(O)C(F)(F)F. The zero-order valence-corrected chi connectivity index (χ0v) is 22.5. The number of para-hydroxylation sites is 1. The summed E-state index contributed by atoms with van der Waals surface area (Å²) < 4.78 is 50.7. The summed E-state index contributed by atoms with van der Waals surface area (Å²) in [6.07, 6.45) is 0.0821. The van der Waals surface area contributed by atoms with Gasteiger partial charge in [0.05, 0.1) is 5.52 Å². The van der Waals surface area contributed by atoms with E-state index >= 15 is 0 Å². The lowest BCUT2D eigenvalue weighted by Crippen LogP contribution is -2.40. The number of hydrogen-bond acceptors (Lipinski definition) is 6. The van der Waals surface area contributed by atoms with Crippen molar-refractivity contribution >= 4 is 28.6 Å². The molecule has 1 aliphatic carbocycles. The molecule has 4 aromatic rings. The van der Waals surface area contributed by atoms with E-state index in [1.807, 2.05) is 18.2 Å². The normalized spacial score (nSPS) is 16.6. The summed E-state index contributed by atoms with van der Waals surface area (Å²) in [7, 11) is 0. The number of benzene rings is 2. The molecular formula is C30H28F4N4O4. The Morgan fingerprint density at radius 1 is 0.952 bits per heavy atom. The van der Waals surface area contributed by atoms with Gasteiger partial charge in [-0.1, -0.05) is 18.2 Å². The number of amides is 1. The monoisotopic (exact) mass is 584 g/mol. The van der Waals surface area contributed by atoms with Crippen LogP contribution in [0.25, 0.3) is 10.9 Å². The first-order chi connectivity index (χ1) is 20.0. The van der Waals surface area contributed by atoms with E-state index < -0.39 is 12.1 Å². The fourth-order valence-electron chi connectivity index (χ4n) is 4.54. The van der Waals surface area contributed by atoms with E-state index in [1.165, 1.54) is 35.2 Å². The highest BCUT2D eigenvalue weighted by Crippen LogP contribution is 2.27. The minimum absolute atomic E-state index is 0.0747. The van der Waals surface area contributed by atoms with Crippen LogP contribution in [0.5, 0.6) is 11.6 Å². The molecule has 3 N–H and O–H groups in total. The third-order valence-electron chi connectivity index (χ3n) is 6.62. The molecule has 0 spiro atoms. The molecule has 0 bridgehead atoms. The highest BCUT2D eigenvalue weighted by Gasteiger charge is 2.38. The summed E-state index contributed by atoms with van der Waals surface area (Å²) in [5.41, 5.74) is 2.55. The van der Waals surface area contributed by atoms with Crippen molar-refractivity contribution in [2.45, 2.75) is 50.9 Å². The number of carbonyl (C=O) groups is 2. The van der Waals surface area contributed by atoms with Gasteiger partial charge >= 0.3 is 12.1 Å². The van der Waals surface area contributed by atoms with Crippen molar-refractivity contribution in [1.29, 1.82) is 0 Å². The Hall–Kier alpha value is -4.74. The lowest BCUT2D eigenvalue weighted by molar-refractivity contribution is -0.192. The smallest absolute Gasteiger partial charge is 0.475 e. The van der Waals surface area contributed by atoms with Gasteiger partial charge in [-0.15, -0.1) is 0 Å². The number of carboxylic acids is 1. The fourth-order valence-corrected chi connectivity index (χ4v) is 4.54. The van der Waals surface area contributed by atoms with Crippen molar-refractivity contribution in [3.8, 4) is 11.6 Å². The molecule has 8 nitrogen and oxygen atoms in total. The maximum absolute atomic E-state index is 13.2. The molecule has 2 aromatic heterocycles. The second-order valence-electron chi connectivity index (χ2n) is 9.72. The standard InChI is InChI=1S/C28H27FN4O2.C2HF3O2/c1-18-17-26(33-25-7-3-2-5-23(18)25)31-20-10-12-21(13-11-20)32-27(34)24-6-4-16-30-28(24)35-22-14-8-19(29)9-15-22;3-2(4,5)1(6)7/h2-9,14-17,20-21H,10-13H2,1H3,(H,31,33)(H,32,34);(H,6,7). The minimum Gasteiger partial charge on any atom is -0.475 e. The number of carboxylic acid groups (broad SMARTS) is 1. The number of carbonyl (C=O) groups excluding carboxylic acids is 1. The Balaban J connectivity index is 0.000000517. The van der Waals surface area contributed by atoms with Gasteiger partial charge in [0.1, 0.15) is 22.9 Å². The Bertz CT molecular complexity index is 1540. The van der Waals surface area contributed by atoms with Gasteiger partial charge in [-0.25, -0.2) is 19.2 Å². The van der Waals surface area contributed by atoms with E-state index in [0.717, 1.165) is 37.0 Å². The van der Waals surface area contributed by atoms with Gasteiger partial charge in [0.15, 0.2) is 0 Å². The Morgan fingerprint density at radius 3 is 2.26 bits per heavy atom. The van der Waals surface area contributed by atoms with Crippen LogP contribution in [0.2, 0.25) is 0 Å². The maximum atomic E-state index is 13.2. The van der Waals surface area contributed by atoms with Gasteiger partial charge in [0.2, 0.25) is 5.88 Å². The number of nitrogens with one attached hydrogen (secondary N) is 2. The summed E-state index contributed by atoms with van der Waals surface area (Å²) in [6.45, 7) is 2.11. The highest BCUT2D eigenvalue weighted by molar-refractivity contribution is 5.96. The van der Waals surface area contributed by atoms with Gasteiger partial charge in [-0.2, -0.15) is 13.2 Å². The summed E-state index contributed by atoms with van der Waals surface area (Å²) in [5, 5.41) is 15.0. The van der Waals surface area contributed by atoms with Crippen LogP contribution in [0.4, 0.5) is 23.4 Å². The van der Waals surface area contributed by atoms with Crippen molar-refractivity contribution in [1.82, 2.24) is 15.3 Å². The number of pyridine rings is 2. The molecule has 2 aromatic carbocycles. The summed E-state index contributed by atoms with van der Waals surface area (Å²) >= 11 is 0. The van der Waals surface area contributed by atoms with Crippen LogP contribution in [0.1, 0.15) is 41.6 Å². The van der Waals surface area contributed by atoms with Crippen LogP contribution in [0.3, 0.4) is 0 Å². The van der Waals surface area contributed by atoms with Crippen molar-refractivity contribution in [3.63, 3.8) is 0 Å². The highest BCUT2D eigenvalue weighted by atomic mass is 19.4. The first-order valence-electron chi connectivity index (χ1n) is 13.1. The molecule has 220 valence electrons. The Kier molecular flexibility index (Phi) is 9.56. The predicted octanol–water partition coefficient (Wildman–Crippen LogP) is 6.66. The van der Waals surface area contributed by atoms with Gasteiger partial charge in [0.25, 0.3) is 5.91 Å². The molecule has 0 atom stereocenters. The third kappa shape index (κ3) is 8.15. The van der Waals surface area contributed by atoms with Crippen LogP contribution >= 0.6 is 0 Å². The number of nitrogens with zero attached hydrogens (tertiary/aromatic N) is 2. The van der Waals surface area contributed by atoms with Crippen molar-refractivity contribution in [3.05, 3.63) is 89.9 Å². The zero-order valence-electron chi connectivity index (χ0n) is 22.5. The average molecular weight is 585 g/mol. The molecule has 1 aliphatic rings. The topological polar surface area (TPSA) is 113 Å². The lowest BCUT2D eigenvalue weighted by atomic mass is 9.91. The first-order valence-corrected chi connectivity index (χ1v) is 13.1. The van der Waals surface area contributed by atoms with E-state index in [-0.39, 0.29) is 23.6 Å². The van der Waals surface area contributed by atoms with Crippen LogP contribution in [-0.4, -0.2) is 45.2 Å². The van der Waals surface area contributed by atoms with Crippen LogP contribution in [0.15, 0.2) is 72.9 Å². The number of fused-ring (bicyclic) bond motifs is 1. The Labute approximate surface area is 238 Å². The van der Waals surface area contributed by atoms with Crippen molar-refractivity contribution in [2.75, 3.05) is 5.32 Å². The number of halogens is 4. The Morgan fingerprint density at radius 2 is 1.60 bits per heavy atom. The largest absolute Gasteiger partial charge is 0.490 e. The second kappa shape index (κ2) is 13.3. The molecule has 12 heteroatoms. The first kappa shape index (κ1) is 30.2. The molecule has 2 heterocycles. The molecule has 0 saturated heterocycles. The van der Waals surface area contributed by atoms with E-state index in [9.17, 15) is 22.4 Å². The number of alkyl halides is 3. The average Bonchev–Trinajstić information content (AvgIpc) is 2.95. The van der Waals surface area contributed by atoms with Crippen molar-refractivity contribution in [2.24, 2.45) is 0 Å². The molecular weight excluding hydrogens is 556 g/mol. The summed E-state index contributed by atoms with van der Waals surface area (Å²) in [4.78, 5) is 30.9. The number of anilines is 1. The van der Waals surface area contributed by atoms with E-state index in [2.05, 4.69) is 34.7 Å². The molecule has 0 radical (unpaired) electrons. The van der Waals surface area contributed by atoms with Gasteiger partial charge in [0, 0.05) is 23.7 Å². The molecule has 1 saturated carbocycles. The lowest BCUT2D eigenvalue weighted by Gasteiger charge is -2.30. The van der Waals surface area contributed by atoms with Gasteiger partial charge in [-0.3, -0.25) is 4.79 Å². The summed E-state index contributed by atoms with van der Waals surface area (Å²) in [5.74, 6) is -1.82. The minimum atomic E-state index is -5.08. The van der Waals surface area contributed by atoms with Crippen LogP contribution < -0.4 is 15.4 Å². The molecule has 0 unspecified atom stereocenters. The number of hydrogen-bond donors (Lipinski definition) is 3. The number of aliphatic carboxylic acids is 1. The second-order valence-corrected chi connectivity index (χ2v) is 9.72. The van der Waals surface area contributed by atoms with Gasteiger partial charge in [-0.05, 0) is 86.7 Å². The fraction of sp³-hybridized carbons (Fsp3) is 0.267. The number of rotatable bonds is 6. The molecule has 1 fully saturated rings. The zero-order chi connectivity index (χ0) is 30.3.